The van der Waals surface area contributed by atoms with Crippen LogP contribution >= 0.6 is 23.4 Å². The summed E-state index contributed by atoms with van der Waals surface area (Å²) in [7, 11) is 0. The highest BCUT2D eigenvalue weighted by Gasteiger charge is 2.12. The Balaban J connectivity index is 1.93. The van der Waals surface area contributed by atoms with Crippen LogP contribution in [0.15, 0.2) is 33.9 Å². The smallest absolute Gasteiger partial charge is 0.277 e. The predicted octanol–water partition coefficient (Wildman–Crippen LogP) is 3.40. The standard InChI is InChI=1S/C14H16ClN3O2S/c1-3-9(2)16-12(19)8-21-14-18-17-13(20-14)10-5-4-6-11(15)7-10/h4-7,9H,3,8H2,1-2H3,(H,16,19)/t9-/m0/s1. The summed E-state index contributed by atoms with van der Waals surface area (Å²) in [6.45, 7) is 3.99. The van der Waals surface area contributed by atoms with Gasteiger partial charge in [-0.25, -0.2) is 0 Å². The van der Waals surface area contributed by atoms with Crippen molar-refractivity contribution < 1.29 is 9.21 Å². The molecule has 0 saturated carbocycles. The van der Waals surface area contributed by atoms with Gasteiger partial charge in [-0.1, -0.05) is 36.4 Å². The van der Waals surface area contributed by atoms with Gasteiger partial charge in [0.2, 0.25) is 11.8 Å². The SMILES string of the molecule is CC[C@H](C)NC(=O)CSc1nnc(-c2cccc(Cl)c2)o1. The van der Waals surface area contributed by atoms with E-state index in [2.05, 4.69) is 15.5 Å². The van der Waals surface area contributed by atoms with E-state index in [1.807, 2.05) is 26.0 Å². The molecule has 0 spiro atoms. The number of aromatic nitrogens is 2. The minimum atomic E-state index is -0.0446. The third kappa shape index (κ3) is 4.75. The van der Waals surface area contributed by atoms with Crippen LogP contribution in [-0.2, 0) is 4.79 Å². The Bertz CT molecular complexity index is 618. The molecule has 0 fully saturated rings. The average molecular weight is 326 g/mol. The van der Waals surface area contributed by atoms with Crippen molar-refractivity contribution in [3.63, 3.8) is 0 Å². The molecule has 0 aliphatic heterocycles. The molecule has 1 amide bonds. The van der Waals surface area contributed by atoms with Gasteiger partial charge in [0.1, 0.15) is 0 Å². The molecule has 1 aromatic heterocycles. The first kappa shape index (κ1) is 15.9. The average Bonchev–Trinajstić information content (AvgIpc) is 2.94. The predicted molar refractivity (Wildman–Crippen MR) is 83.4 cm³/mol. The van der Waals surface area contributed by atoms with Gasteiger partial charge in [0.05, 0.1) is 5.75 Å². The van der Waals surface area contributed by atoms with E-state index in [1.54, 1.807) is 12.1 Å². The number of halogens is 1. The second kappa shape index (κ2) is 7.47. The second-order valence-electron chi connectivity index (χ2n) is 4.55. The van der Waals surface area contributed by atoms with Gasteiger partial charge in [0, 0.05) is 16.6 Å². The molecule has 2 aromatic rings. The lowest BCUT2D eigenvalue weighted by Crippen LogP contribution is -2.33. The van der Waals surface area contributed by atoms with E-state index in [0.29, 0.717) is 16.1 Å². The topological polar surface area (TPSA) is 68.0 Å². The number of nitrogens with zero attached hydrogens (tertiary/aromatic N) is 2. The summed E-state index contributed by atoms with van der Waals surface area (Å²) >= 11 is 7.13. The maximum absolute atomic E-state index is 11.7. The van der Waals surface area contributed by atoms with Gasteiger partial charge >= 0.3 is 0 Å². The van der Waals surface area contributed by atoms with Crippen molar-refractivity contribution in [1.82, 2.24) is 15.5 Å². The maximum atomic E-state index is 11.7. The van der Waals surface area contributed by atoms with E-state index in [1.165, 1.54) is 11.8 Å². The molecule has 7 heteroatoms. The zero-order valence-electron chi connectivity index (χ0n) is 11.8. The van der Waals surface area contributed by atoms with Crippen LogP contribution in [0.25, 0.3) is 11.5 Å². The molecular formula is C14H16ClN3O2S. The van der Waals surface area contributed by atoms with Crippen LogP contribution in [0.4, 0.5) is 0 Å². The Kier molecular flexibility index (Phi) is 5.64. The van der Waals surface area contributed by atoms with Crippen molar-refractivity contribution in [3.8, 4) is 11.5 Å². The minimum Gasteiger partial charge on any atom is -0.411 e. The molecule has 0 aliphatic carbocycles. The summed E-state index contributed by atoms with van der Waals surface area (Å²) in [4.78, 5) is 11.7. The van der Waals surface area contributed by atoms with Crippen molar-refractivity contribution in [3.05, 3.63) is 29.3 Å². The summed E-state index contributed by atoms with van der Waals surface area (Å²) in [6.07, 6.45) is 0.899. The highest BCUT2D eigenvalue weighted by atomic mass is 35.5. The number of rotatable bonds is 6. The van der Waals surface area contributed by atoms with Crippen molar-refractivity contribution >= 4 is 29.3 Å². The highest BCUT2D eigenvalue weighted by molar-refractivity contribution is 7.99. The van der Waals surface area contributed by atoms with Crippen molar-refractivity contribution in [2.45, 2.75) is 31.5 Å². The summed E-state index contributed by atoms with van der Waals surface area (Å²) in [5.41, 5.74) is 0.755. The largest absolute Gasteiger partial charge is 0.411 e. The van der Waals surface area contributed by atoms with Gasteiger partial charge in [-0.15, -0.1) is 10.2 Å². The van der Waals surface area contributed by atoms with Gasteiger partial charge in [0.15, 0.2) is 0 Å². The van der Waals surface area contributed by atoms with E-state index in [0.717, 1.165) is 12.0 Å². The van der Waals surface area contributed by atoms with Crippen LogP contribution in [-0.4, -0.2) is 27.9 Å². The summed E-state index contributed by atoms with van der Waals surface area (Å²) in [5.74, 6) is 0.598. The lowest BCUT2D eigenvalue weighted by molar-refractivity contribution is -0.119. The van der Waals surface area contributed by atoms with Gasteiger partial charge in [-0.2, -0.15) is 0 Å². The number of hydrogen-bond acceptors (Lipinski definition) is 5. The summed E-state index contributed by atoms with van der Waals surface area (Å²) in [5, 5.41) is 11.7. The molecular weight excluding hydrogens is 310 g/mol. The fraction of sp³-hybridized carbons (Fsp3) is 0.357. The third-order valence-corrected chi connectivity index (χ3v) is 3.88. The number of carbonyl (C=O) groups excluding carboxylic acids is 1. The second-order valence-corrected chi connectivity index (χ2v) is 5.91. The first-order valence-corrected chi connectivity index (χ1v) is 7.96. The monoisotopic (exact) mass is 325 g/mol. The lowest BCUT2D eigenvalue weighted by Gasteiger charge is -2.09. The molecule has 0 aliphatic rings. The Hall–Kier alpha value is -1.53. The number of nitrogens with one attached hydrogen (secondary N) is 1. The minimum absolute atomic E-state index is 0.0446. The van der Waals surface area contributed by atoms with Gasteiger partial charge < -0.3 is 9.73 Å². The normalized spacial score (nSPS) is 12.1. The van der Waals surface area contributed by atoms with Gasteiger partial charge in [-0.3, -0.25) is 4.79 Å². The van der Waals surface area contributed by atoms with Crippen LogP contribution in [0.2, 0.25) is 5.02 Å². The molecule has 0 saturated heterocycles. The Morgan fingerprint density at radius 1 is 1.48 bits per heavy atom. The van der Waals surface area contributed by atoms with Gasteiger partial charge in [0.25, 0.3) is 5.22 Å². The van der Waals surface area contributed by atoms with Crippen molar-refractivity contribution in [2.24, 2.45) is 0 Å². The highest BCUT2D eigenvalue weighted by Crippen LogP contribution is 2.24. The van der Waals surface area contributed by atoms with E-state index in [-0.39, 0.29) is 17.7 Å². The first-order chi connectivity index (χ1) is 10.1. The molecule has 5 nitrogen and oxygen atoms in total. The van der Waals surface area contributed by atoms with Crippen molar-refractivity contribution in [2.75, 3.05) is 5.75 Å². The first-order valence-electron chi connectivity index (χ1n) is 6.60. The van der Waals surface area contributed by atoms with Crippen LogP contribution < -0.4 is 5.32 Å². The van der Waals surface area contributed by atoms with Crippen LogP contribution in [0.1, 0.15) is 20.3 Å². The molecule has 0 radical (unpaired) electrons. The van der Waals surface area contributed by atoms with E-state index in [9.17, 15) is 4.79 Å². The number of hydrogen-bond donors (Lipinski definition) is 1. The van der Waals surface area contributed by atoms with Crippen LogP contribution in [0, 0.1) is 0 Å². The summed E-state index contributed by atoms with van der Waals surface area (Å²) < 4.78 is 5.51. The van der Waals surface area contributed by atoms with Crippen LogP contribution in [0.3, 0.4) is 0 Å². The molecule has 0 unspecified atom stereocenters. The Morgan fingerprint density at radius 3 is 3.00 bits per heavy atom. The summed E-state index contributed by atoms with van der Waals surface area (Å²) in [6, 6.07) is 7.34. The fourth-order valence-electron chi connectivity index (χ4n) is 1.55. The van der Waals surface area contributed by atoms with Crippen molar-refractivity contribution in [1.29, 1.82) is 0 Å². The molecule has 1 heterocycles. The van der Waals surface area contributed by atoms with E-state index < -0.39 is 0 Å². The third-order valence-electron chi connectivity index (χ3n) is 2.82. The molecule has 1 N–H and O–H groups in total. The molecule has 1 atom stereocenters. The zero-order valence-corrected chi connectivity index (χ0v) is 13.4. The number of amides is 1. The van der Waals surface area contributed by atoms with Gasteiger partial charge in [-0.05, 0) is 31.5 Å². The number of thioether (sulfide) groups is 1. The van der Waals surface area contributed by atoms with Crippen LogP contribution in [0.5, 0.6) is 0 Å². The molecule has 0 bridgehead atoms. The number of carbonyl (C=O) groups is 1. The molecule has 21 heavy (non-hydrogen) atoms. The molecule has 112 valence electrons. The number of benzene rings is 1. The Morgan fingerprint density at radius 2 is 2.29 bits per heavy atom. The molecule has 1 aromatic carbocycles. The lowest BCUT2D eigenvalue weighted by atomic mass is 10.2. The molecule has 2 rings (SSSR count). The maximum Gasteiger partial charge on any atom is 0.277 e. The van der Waals surface area contributed by atoms with E-state index >= 15 is 0 Å². The zero-order chi connectivity index (χ0) is 15.2. The fourth-order valence-corrected chi connectivity index (χ4v) is 2.32. The van der Waals surface area contributed by atoms with E-state index in [4.69, 9.17) is 16.0 Å². The Labute approximate surface area is 132 Å². The quantitative estimate of drug-likeness (QED) is 0.824.